The number of aromatic nitrogens is 4. The molecule has 0 saturated carbocycles. The average Bonchev–Trinajstić information content (AvgIpc) is 2.97. The number of pyridine rings is 2. The fourth-order valence-electron chi connectivity index (χ4n) is 5.39. The number of carbonyl (C=O) groups is 1. The third-order valence-electron chi connectivity index (χ3n) is 7.55. The molecular formula is C30H29ClF2N6O4S. The average molecular weight is 643 g/mol. The number of nitrogens with zero attached hydrogens (tertiary/aromatic N) is 6. The van der Waals surface area contributed by atoms with Crippen molar-refractivity contribution in [2.75, 3.05) is 30.8 Å². The van der Waals surface area contributed by atoms with E-state index >= 15 is 4.39 Å². The zero-order chi connectivity index (χ0) is 32.1. The van der Waals surface area contributed by atoms with Crippen LogP contribution in [0.1, 0.15) is 32.3 Å². The van der Waals surface area contributed by atoms with Crippen LogP contribution in [0.15, 0.2) is 59.0 Å². The topological polar surface area (TPSA) is 118 Å². The van der Waals surface area contributed by atoms with E-state index in [2.05, 4.69) is 21.5 Å². The summed E-state index contributed by atoms with van der Waals surface area (Å²) in [6.45, 7) is 9.80. The lowest BCUT2D eigenvalue weighted by atomic mass is 10.0. The number of anilines is 1. The third-order valence-corrected chi connectivity index (χ3v) is 9.03. The van der Waals surface area contributed by atoms with E-state index in [0.717, 1.165) is 29.2 Å². The van der Waals surface area contributed by atoms with Crippen LogP contribution < -0.4 is 10.6 Å². The van der Waals surface area contributed by atoms with Crippen molar-refractivity contribution < 1.29 is 22.0 Å². The van der Waals surface area contributed by atoms with Crippen LogP contribution in [0.25, 0.3) is 28.0 Å². The predicted octanol–water partition coefficient (Wildman–Crippen LogP) is 4.52. The number of piperazine rings is 1. The molecule has 4 heterocycles. The fraction of sp³-hybridized carbons (Fsp3) is 0.300. The van der Waals surface area contributed by atoms with Crippen LogP contribution in [-0.2, 0) is 14.6 Å². The Kier molecular flexibility index (Phi) is 8.29. The van der Waals surface area contributed by atoms with Gasteiger partial charge in [0.1, 0.15) is 28.0 Å². The van der Waals surface area contributed by atoms with Gasteiger partial charge in [0.15, 0.2) is 15.5 Å². The van der Waals surface area contributed by atoms with Gasteiger partial charge >= 0.3 is 5.69 Å². The summed E-state index contributed by atoms with van der Waals surface area (Å²) in [6, 6.07) is 4.63. The van der Waals surface area contributed by atoms with Crippen molar-refractivity contribution in [1.82, 2.24) is 24.4 Å². The van der Waals surface area contributed by atoms with Gasteiger partial charge in [-0.25, -0.2) is 31.5 Å². The Bertz CT molecular complexity index is 2000. The minimum atomic E-state index is -3.94. The number of fused-ring (bicyclic) bond motifs is 1. The molecule has 0 radical (unpaired) electrons. The van der Waals surface area contributed by atoms with Gasteiger partial charge in [0, 0.05) is 49.9 Å². The van der Waals surface area contributed by atoms with E-state index in [-0.39, 0.29) is 81.2 Å². The number of carbonyl (C=O) groups excluding carboxylic acids is 1. The maximum Gasteiger partial charge on any atom is 0.355 e. The highest BCUT2D eigenvalue weighted by Gasteiger charge is 2.31. The quantitative estimate of drug-likeness (QED) is 0.282. The highest BCUT2D eigenvalue weighted by molar-refractivity contribution is 7.90. The third kappa shape index (κ3) is 5.45. The van der Waals surface area contributed by atoms with E-state index in [9.17, 15) is 22.4 Å². The van der Waals surface area contributed by atoms with Crippen LogP contribution in [0.4, 0.5) is 14.6 Å². The second-order valence-corrected chi connectivity index (χ2v) is 13.2. The number of amides is 1. The summed E-state index contributed by atoms with van der Waals surface area (Å²) in [6.07, 6.45) is 4.79. The molecule has 10 nitrogen and oxygen atoms in total. The zero-order valence-corrected chi connectivity index (χ0v) is 26.0. The first-order chi connectivity index (χ1) is 20.7. The molecule has 0 bridgehead atoms. The van der Waals surface area contributed by atoms with Gasteiger partial charge in [-0.1, -0.05) is 44.2 Å². The van der Waals surface area contributed by atoms with Crippen LogP contribution in [0.2, 0.25) is 5.02 Å². The van der Waals surface area contributed by atoms with Crippen molar-refractivity contribution in [2.45, 2.75) is 37.6 Å². The van der Waals surface area contributed by atoms with Crippen molar-refractivity contribution in [3.63, 3.8) is 0 Å². The molecule has 0 N–H and O–H groups in total. The molecular weight excluding hydrogens is 614 g/mol. The zero-order valence-electron chi connectivity index (χ0n) is 24.4. The van der Waals surface area contributed by atoms with E-state index in [1.165, 1.54) is 24.4 Å². The molecule has 1 amide bonds. The Morgan fingerprint density at radius 1 is 1.16 bits per heavy atom. The SMILES string of the molecule is C=CC(=O)N1CCN(c2nc(=O)n(-c3c(C(C)C)cncc3S(C)(=O)=O)c3nc(-c4cccc(F)c4Cl)c(F)cc23)[C@@H](C)C1. The molecule has 1 aromatic carbocycles. The van der Waals surface area contributed by atoms with Crippen molar-refractivity contribution in [3.05, 3.63) is 82.0 Å². The maximum absolute atomic E-state index is 15.9. The lowest BCUT2D eigenvalue weighted by Gasteiger charge is -2.40. The van der Waals surface area contributed by atoms with E-state index < -0.39 is 27.2 Å². The molecule has 14 heteroatoms. The second-order valence-electron chi connectivity index (χ2n) is 10.9. The summed E-state index contributed by atoms with van der Waals surface area (Å²) in [4.78, 5) is 42.4. The van der Waals surface area contributed by atoms with Crippen molar-refractivity contribution in [1.29, 1.82) is 0 Å². The Morgan fingerprint density at radius 3 is 2.52 bits per heavy atom. The van der Waals surface area contributed by atoms with E-state index in [1.54, 1.807) is 23.6 Å². The number of hydrogen-bond donors (Lipinski definition) is 0. The molecule has 44 heavy (non-hydrogen) atoms. The smallest absolute Gasteiger partial charge is 0.350 e. The molecule has 1 aliphatic rings. The van der Waals surface area contributed by atoms with Crippen molar-refractivity contribution in [3.8, 4) is 16.9 Å². The first-order valence-corrected chi connectivity index (χ1v) is 16.0. The Morgan fingerprint density at radius 2 is 1.89 bits per heavy atom. The molecule has 1 saturated heterocycles. The molecule has 0 aliphatic carbocycles. The summed E-state index contributed by atoms with van der Waals surface area (Å²) in [5, 5.41) is -0.277. The predicted molar refractivity (Wildman–Crippen MR) is 164 cm³/mol. The molecule has 1 aliphatic heterocycles. The van der Waals surface area contributed by atoms with Crippen LogP contribution in [0, 0.1) is 11.6 Å². The highest BCUT2D eigenvalue weighted by Crippen LogP contribution is 2.36. The molecule has 1 atom stereocenters. The molecule has 0 spiro atoms. The van der Waals surface area contributed by atoms with Gasteiger partial charge in [0.25, 0.3) is 0 Å². The molecule has 0 unspecified atom stereocenters. The Balaban J connectivity index is 1.89. The number of halogens is 3. The Hall–Kier alpha value is -4.23. The molecule has 4 aromatic rings. The van der Waals surface area contributed by atoms with Crippen LogP contribution in [-0.4, -0.2) is 70.7 Å². The standard InChI is InChI=1S/C30H29ClF2N6O4S/c1-6-24(40)37-10-11-38(17(4)15-37)28-19-12-22(33)26(18-8-7-9-21(32)25(18)31)35-29(19)39(30(41)36-28)27-20(16(2)3)13-34-14-23(27)44(5,42)43/h6-9,12-14,16-17H,1,10-11,15H2,2-5H3/t17-/m0/s1. The number of hydrogen-bond acceptors (Lipinski definition) is 8. The maximum atomic E-state index is 15.9. The number of benzene rings is 1. The van der Waals surface area contributed by atoms with Crippen LogP contribution in [0.3, 0.4) is 0 Å². The number of sulfone groups is 1. The molecule has 1 fully saturated rings. The second kappa shape index (κ2) is 11.7. The normalized spacial score (nSPS) is 15.7. The summed E-state index contributed by atoms with van der Waals surface area (Å²) >= 11 is 6.22. The van der Waals surface area contributed by atoms with Crippen molar-refractivity contribution >= 4 is 44.2 Å². The van der Waals surface area contributed by atoms with Gasteiger partial charge in [-0.2, -0.15) is 4.98 Å². The van der Waals surface area contributed by atoms with E-state index in [1.807, 2.05) is 6.92 Å². The fourth-order valence-corrected chi connectivity index (χ4v) is 6.41. The summed E-state index contributed by atoms with van der Waals surface area (Å²) < 4.78 is 57.4. The van der Waals surface area contributed by atoms with Gasteiger partial charge in [0.2, 0.25) is 5.91 Å². The van der Waals surface area contributed by atoms with Gasteiger partial charge in [0.05, 0.1) is 16.1 Å². The minimum absolute atomic E-state index is 0.0172. The van der Waals surface area contributed by atoms with Gasteiger partial charge in [-0.3, -0.25) is 9.78 Å². The summed E-state index contributed by atoms with van der Waals surface area (Å²) in [7, 11) is -3.94. The van der Waals surface area contributed by atoms with E-state index in [4.69, 9.17) is 11.6 Å². The monoisotopic (exact) mass is 642 g/mol. The van der Waals surface area contributed by atoms with E-state index in [0.29, 0.717) is 5.56 Å². The lowest BCUT2D eigenvalue weighted by Crippen LogP contribution is -2.54. The Labute approximate surface area is 257 Å². The van der Waals surface area contributed by atoms with Gasteiger partial charge in [-0.05, 0) is 36.6 Å². The summed E-state index contributed by atoms with van der Waals surface area (Å²) in [5.74, 6) is -2.11. The minimum Gasteiger partial charge on any atom is -0.350 e. The summed E-state index contributed by atoms with van der Waals surface area (Å²) in [5.41, 5.74) is -1.01. The van der Waals surface area contributed by atoms with Crippen molar-refractivity contribution in [2.24, 2.45) is 0 Å². The lowest BCUT2D eigenvalue weighted by molar-refractivity contribution is -0.126. The van der Waals surface area contributed by atoms with Gasteiger partial charge in [-0.15, -0.1) is 0 Å². The highest BCUT2D eigenvalue weighted by atomic mass is 35.5. The molecule has 5 rings (SSSR count). The van der Waals surface area contributed by atoms with Crippen LogP contribution >= 0.6 is 11.6 Å². The molecule has 230 valence electrons. The largest absolute Gasteiger partial charge is 0.355 e. The first-order valence-electron chi connectivity index (χ1n) is 13.7. The van der Waals surface area contributed by atoms with Gasteiger partial charge < -0.3 is 9.80 Å². The molecule has 3 aromatic heterocycles. The first kappa shape index (κ1) is 31.2. The number of rotatable bonds is 6. The van der Waals surface area contributed by atoms with Crippen LogP contribution in [0.5, 0.6) is 0 Å².